The molecule has 2 aromatic carbocycles. The van der Waals surface area contributed by atoms with Gasteiger partial charge in [-0.05, 0) is 37.6 Å². The van der Waals surface area contributed by atoms with Gasteiger partial charge in [-0.2, -0.15) is 0 Å². The van der Waals surface area contributed by atoms with Gasteiger partial charge in [-0.1, -0.05) is 30.3 Å². The van der Waals surface area contributed by atoms with E-state index in [1.54, 1.807) is 0 Å². The summed E-state index contributed by atoms with van der Waals surface area (Å²) in [5, 5.41) is 0.722. The molecule has 4 heteroatoms. The number of hydrogen-bond donors (Lipinski definition) is 0. The lowest BCUT2D eigenvalue weighted by molar-refractivity contribution is 0.228. The maximum atomic E-state index is 14.6. The van der Waals surface area contributed by atoms with Crippen LogP contribution in [0.2, 0.25) is 0 Å². The Labute approximate surface area is 146 Å². The predicted octanol–water partition coefficient (Wildman–Crippen LogP) is 4.54. The molecule has 2 heterocycles. The molecule has 0 aliphatic carbocycles. The minimum Gasteiger partial charge on any atom is -0.341 e. The van der Waals surface area contributed by atoms with Crippen LogP contribution in [-0.2, 0) is 25.9 Å². The van der Waals surface area contributed by atoms with Crippen molar-refractivity contribution < 1.29 is 8.78 Å². The minimum absolute atomic E-state index is 0.389. The lowest BCUT2D eigenvalue weighted by atomic mass is 10.00. The van der Waals surface area contributed by atoms with E-state index in [4.69, 9.17) is 0 Å². The Morgan fingerprint density at radius 1 is 1.12 bits per heavy atom. The van der Waals surface area contributed by atoms with E-state index in [2.05, 4.69) is 35.6 Å². The summed E-state index contributed by atoms with van der Waals surface area (Å²) in [4.78, 5) is 2.24. The fourth-order valence-electron chi connectivity index (χ4n) is 3.91. The normalized spacial score (nSPS) is 17.8. The van der Waals surface area contributed by atoms with Crippen LogP contribution in [0.3, 0.4) is 0 Å². The molecule has 130 valence electrons. The number of aromatic nitrogens is 1. The number of fused-ring (bicyclic) bond motifs is 3. The molecule has 2 nitrogen and oxygen atoms in total. The Balaban J connectivity index is 1.83. The van der Waals surface area contributed by atoms with Crippen LogP contribution in [0.4, 0.5) is 8.78 Å². The second-order valence-electron chi connectivity index (χ2n) is 7.06. The average Bonchev–Trinajstić information content (AvgIpc) is 2.88. The Kier molecular flexibility index (Phi) is 4.08. The van der Waals surface area contributed by atoms with Crippen LogP contribution in [0.5, 0.6) is 0 Å². The van der Waals surface area contributed by atoms with Crippen molar-refractivity contribution in [3.63, 3.8) is 0 Å². The van der Waals surface area contributed by atoms with Gasteiger partial charge in [0.25, 0.3) is 0 Å². The first-order valence-electron chi connectivity index (χ1n) is 8.77. The maximum absolute atomic E-state index is 14.6. The molecule has 0 saturated heterocycles. The molecule has 0 amide bonds. The number of aryl methyl sites for hydroxylation is 2. The van der Waals surface area contributed by atoms with Crippen molar-refractivity contribution >= 4 is 10.9 Å². The number of rotatable bonds is 3. The molecule has 0 spiro atoms. The standard InChI is InChI=1S/C21H22F2N2/c1-14-10-20-18(13-24(14)2)17-11-16(22)12-19(23)21(17)25(20)9-8-15-6-4-3-5-7-15/h3-7,11-12,14H,8-10,13H2,1-2H3. The third-order valence-electron chi connectivity index (χ3n) is 5.41. The highest BCUT2D eigenvalue weighted by atomic mass is 19.1. The highest BCUT2D eigenvalue weighted by molar-refractivity contribution is 5.86. The number of benzene rings is 2. The second-order valence-corrected chi connectivity index (χ2v) is 7.06. The number of hydrogen-bond acceptors (Lipinski definition) is 1. The number of likely N-dealkylation sites (N-methyl/N-ethyl adjacent to an activating group) is 1. The van der Waals surface area contributed by atoms with Gasteiger partial charge in [-0.25, -0.2) is 8.78 Å². The molecule has 0 fully saturated rings. The fraction of sp³-hybridized carbons (Fsp3) is 0.333. The maximum Gasteiger partial charge on any atom is 0.150 e. The van der Waals surface area contributed by atoms with E-state index in [0.29, 0.717) is 18.1 Å². The van der Waals surface area contributed by atoms with Crippen molar-refractivity contribution in [2.75, 3.05) is 7.05 Å². The van der Waals surface area contributed by atoms with Crippen molar-refractivity contribution in [1.82, 2.24) is 9.47 Å². The van der Waals surface area contributed by atoms with Gasteiger partial charge in [0.15, 0.2) is 0 Å². The van der Waals surface area contributed by atoms with E-state index in [0.717, 1.165) is 42.1 Å². The summed E-state index contributed by atoms with van der Waals surface area (Å²) in [6.45, 7) is 3.61. The first-order valence-corrected chi connectivity index (χ1v) is 8.77. The SMILES string of the molecule is CC1Cc2c(c3cc(F)cc(F)c3n2CCc2ccccc2)CN1C. The molecule has 1 aliphatic rings. The molecule has 1 aliphatic heterocycles. The van der Waals surface area contributed by atoms with E-state index in [9.17, 15) is 8.78 Å². The first kappa shape index (κ1) is 16.3. The van der Waals surface area contributed by atoms with Crippen LogP contribution in [-0.4, -0.2) is 22.6 Å². The van der Waals surface area contributed by atoms with Gasteiger partial charge in [0.2, 0.25) is 0 Å². The van der Waals surface area contributed by atoms with E-state index in [1.807, 2.05) is 18.2 Å². The second kappa shape index (κ2) is 6.26. The molecule has 0 saturated carbocycles. The van der Waals surface area contributed by atoms with Crippen LogP contribution in [0.1, 0.15) is 23.7 Å². The van der Waals surface area contributed by atoms with Crippen LogP contribution in [0.25, 0.3) is 10.9 Å². The summed E-state index contributed by atoms with van der Waals surface area (Å²) >= 11 is 0. The number of nitrogens with zero attached hydrogens (tertiary/aromatic N) is 2. The van der Waals surface area contributed by atoms with Gasteiger partial charge in [0, 0.05) is 42.7 Å². The molecule has 1 atom stereocenters. The molecule has 25 heavy (non-hydrogen) atoms. The molecule has 1 unspecified atom stereocenters. The Bertz CT molecular complexity index is 915. The summed E-state index contributed by atoms with van der Waals surface area (Å²) in [7, 11) is 2.07. The summed E-state index contributed by atoms with van der Waals surface area (Å²) in [6, 6.07) is 13.1. The third-order valence-corrected chi connectivity index (χ3v) is 5.41. The van der Waals surface area contributed by atoms with E-state index in [1.165, 1.54) is 11.6 Å². The number of halogens is 2. The molecule has 1 aromatic heterocycles. The zero-order valence-corrected chi connectivity index (χ0v) is 14.6. The molecule has 0 bridgehead atoms. The van der Waals surface area contributed by atoms with Crippen molar-refractivity contribution in [2.45, 2.75) is 38.9 Å². The van der Waals surface area contributed by atoms with Crippen molar-refractivity contribution in [1.29, 1.82) is 0 Å². The lowest BCUT2D eigenvalue weighted by Gasteiger charge is -2.31. The monoisotopic (exact) mass is 340 g/mol. The van der Waals surface area contributed by atoms with Crippen LogP contribution < -0.4 is 0 Å². The summed E-state index contributed by atoms with van der Waals surface area (Å²) in [6.07, 6.45) is 1.69. The summed E-state index contributed by atoms with van der Waals surface area (Å²) in [5.74, 6) is -0.970. The Morgan fingerprint density at radius 2 is 1.88 bits per heavy atom. The average molecular weight is 340 g/mol. The molecule has 0 N–H and O–H groups in total. The molecule has 0 radical (unpaired) electrons. The van der Waals surface area contributed by atoms with E-state index >= 15 is 0 Å². The highest BCUT2D eigenvalue weighted by Crippen LogP contribution is 2.34. The lowest BCUT2D eigenvalue weighted by Crippen LogP contribution is -2.35. The quantitative estimate of drug-likeness (QED) is 0.680. The largest absolute Gasteiger partial charge is 0.341 e. The zero-order valence-electron chi connectivity index (χ0n) is 14.6. The Morgan fingerprint density at radius 3 is 2.64 bits per heavy atom. The van der Waals surface area contributed by atoms with E-state index < -0.39 is 11.6 Å². The third kappa shape index (κ3) is 2.85. The van der Waals surface area contributed by atoms with Gasteiger partial charge in [-0.15, -0.1) is 0 Å². The van der Waals surface area contributed by atoms with Gasteiger partial charge in [0.05, 0.1) is 5.52 Å². The molecular formula is C21H22F2N2. The van der Waals surface area contributed by atoms with Crippen LogP contribution in [0, 0.1) is 11.6 Å². The predicted molar refractivity (Wildman–Crippen MR) is 96.6 cm³/mol. The molecule has 4 rings (SSSR count). The van der Waals surface area contributed by atoms with Crippen LogP contribution >= 0.6 is 0 Å². The minimum atomic E-state index is -0.505. The van der Waals surface area contributed by atoms with Crippen LogP contribution in [0.15, 0.2) is 42.5 Å². The van der Waals surface area contributed by atoms with Gasteiger partial charge in [0.1, 0.15) is 11.6 Å². The van der Waals surface area contributed by atoms with Gasteiger partial charge in [-0.3, -0.25) is 4.90 Å². The fourth-order valence-corrected chi connectivity index (χ4v) is 3.91. The first-order chi connectivity index (χ1) is 12.0. The topological polar surface area (TPSA) is 8.17 Å². The molecular weight excluding hydrogens is 318 g/mol. The Hall–Kier alpha value is -2.20. The zero-order chi connectivity index (χ0) is 17.6. The highest BCUT2D eigenvalue weighted by Gasteiger charge is 2.28. The van der Waals surface area contributed by atoms with Gasteiger partial charge < -0.3 is 4.57 Å². The van der Waals surface area contributed by atoms with E-state index in [-0.39, 0.29) is 0 Å². The van der Waals surface area contributed by atoms with Gasteiger partial charge >= 0.3 is 0 Å². The van der Waals surface area contributed by atoms with Crippen molar-refractivity contribution in [2.24, 2.45) is 0 Å². The smallest absolute Gasteiger partial charge is 0.150 e. The van der Waals surface area contributed by atoms with Crippen molar-refractivity contribution in [3.8, 4) is 0 Å². The summed E-state index contributed by atoms with van der Waals surface area (Å²) in [5.41, 5.74) is 3.99. The summed E-state index contributed by atoms with van der Waals surface area (Å²) < 4.78 is 30.6. The van der Waals surface area contributed by atoms with Crippen molar-refractivity contribution in [3.05, 3.63) is 70.9 Å². The molecule has 3 aromatic rings.